The summed E-state index contributed by atoms with van der Waals surface area (Å²) >= 11 is 6.13. The van der Waals surface area contributed by atoms with E-state index in [2.05, 4.69) is 20.3 Å². The van der Waals surface area contributed by atoms with Gasteiger partial charge in [-0.25, -0.2) is 8.42 Å². The Kier molecular flexibility index (Phi) is 6.88. The molecule has 31 heavy (non-hydrogen) atoms. The molecule has 0 saturated carbocycles. The summed E-state index contributed by atoms with van der Waals surface area (Å²) in [6.07, 6.45) is 4.29. The van der Waals surface area contributed by atoms with Crippen molar-refractivity contribution in [1.82, 2.24) is 10.3 Å². The predicted molar refractivity (Wildman–Crippen MR) is 120 cm³/mol. The maximum atomic E-state index is 12.8. The molecule has 0 bridgehead atoms. The van der Waals surface area contributed by atoms with Crippen LogP contribution in [0.1, 0.15) is 26.3 Å². The second kappa shape index (κ2) is 9.59. The van der Waals surface area contributed by atoms with E-state index in [1.54, 1.807) is 42.7 Å². The third kappa shape index (κ3) is 6.27. The zero-order valence-corrected chi connectivity index (χ0v) is 18.0. The highest BCUT2D eigenvalue weighted by molar-refractivity contribution is 7.92. The van der Waals surface area contributed by atoms with E-state index in [0.717, 1.165) is 11.8 Å². The Morgan fingerprint density at radius 3 is 2.48 bits per heavy atom. The van der Waals surface area contributed by atoms with Crippen LogP contribution >= 0.6 is 11.6 Å². The van der Waals surface area contributed by atoms with Crippen LogP contribution in [-0.4, -0.2) is 31.5 Å². The zero-order chi connectivity index (χ0) is 22.4. The molecular formula is C21H19ClN4O4S. The molecule has 8 nitrogen and oxygen atoms in total. The number of hydrogen-bond donors (Lipinski definition) is 3. The molecule has 0 atom stereocenters. The fraction of sp³-hybridized carbons (Fsp3) is 0.0952. The Balaban J connectivity index is 1.78. The maximum absolute atomic E-state index is 12.8. The molecule has 0 aliphatic rings. The van der Waals surface area contributed by atoms with Crippen LogP contribution in [0.2, 0.25) is 5.02 Å². The molecule has 3 aromatic rings. The van der Waals surface area contributed by atoms with E-state index in [1.807, 2.05) is 6.07 Å². The summed E-state index contributed by atoms with van der Waals surface area (Å²) in [6, 6.07) is 14.3. The van der Waals surface area contributed by atoms with Gasteiger partial charge in [0.05, 0.1) is 28.1 Å². The number of aromatic nitrogens is 1. The smallest absolute Gasteiger partial charge is 0.257 e. The van der Waals surface area contributed by atoms with Gasteiger partial charge in [-0.05, 0) is 42.0 Å². The SMILES string of the molecule is CS(=O)(=O)Nc1ccc(Cl)c(C(=O)Nc2ccccc2C(=O)NCc2cccnc2)c1. The Bertz CT molecular complexity index is 1220. The van der Waals surface area contributed by atoms with Crippen LogP contribution in [0, 0.1) is 0 Å². The summed E-state index contributed by atoms with van der Waals surface area (Å²) in [5.41, 5.74) is 1.63. The van der Waals surface area contributed by atoms with Crippen molar-refractivity contribution in [2.24, 2.45) is 0 Å². The molecule has 160 valence electrons. The van der Waals surface area contributed by atoms with Gasteiger partial charge in [0.25, 0.3) is 11.8 Å². The number of rotatable bonds is 7. The summed E-state index contributed by atoms with van der Waals surface area (Å²) < 4.78 is 25.2. The second-order valence-electron chi connectivity index (χ2n) is 6.61. The lowest BCUT2D eigenvalue weighted by Gasteiger charge is -2.13. The van der Waals surface area contributed by atoms with E-state index >= 15 is 0 Å². The number of para-hydroxylation sites is 1. The molecular weight excluding hydrogens is 440 g/mol. The Morgan fingerprint density at radius 2 is 1.77 bits per heavy atom. The number of pyridine rings is 1. The van der Waals surface area contributed by atoms with Gasteiger partial charge >= 0.3 is 0 Å². The van der Waals surface area contributed by atoms with E-state index in [4.69, 9.17) is 11.6 Å². The number of anilines is 2. The number of amides is 2. The van der Waals surface area contributed by atoms with Gasteiger partial charge in [-0.3, -0.25) is 19.3 Å². The lowest BCUT2D eigenvalue weighted by atomic mass is 10.1. The van der Waals surface area contributed by atoms with Crippen molar-refractivity contribution >= 4 is 44.8 Å². The van der Waals surface area contributed by atoms with Gasteiger partial charge in [-0.1, -0.05) is 29.8 Å². The van der Waals surface area contributed by atoms with E-state index in [0.29, 0.717) is 0 Å². The van der Waals surface area contributed by atoms with Gasteiger partial charge in [0.2, 0.25) is 10.0 Å². The highest BCUT2D eigenvalue weighted by Crippen LogP contribution is 2.23. The van der Waals surface area contributed by atoms with Crippen molar-refractivity contribution < 1.29 is 18.0 Å². The Morgan fingerprint density at radius 1 is 1.00 bits per heavy atom. The highest BCUT2D eigenvalue weighted by atomic mass is 35.5. The number of nitrogens with one attached hydrogen (secondary N) is 3. The van der Waals surface area contributed by atoms with Crippen LogP contribution in [0.3, 0.4) is 0 Å². The molecule has 3 rings (SSSR count). The molecule has 0 saturated heterocycles. The quantitative estimate of drug-likeness (QED) is 0.502. The fourth-order valence-corrected chi connectivity index (χ4v) is 3.50. The summed E-state index contributed by atoms with van der Waals surface area (Å²) in [5, 5.41) is 5.58. The average Bonchev–Trinajstić information content (AvgIpc) is 2.73. The molecule has 0 aliphatic heterocycles. The Labute approximate surface area is 184 Å². The molecule has 1 aromatic heterocycles. The van der Waals surface area contributed by atoms with Crippen LogP contribution in [0.25, 0.3) is 0 Å². The van der Waals surface area contributed by atoms with Crippen LogP contribution < -0.4 is 15.4 Å². The molecule has 3 N–H and O–H groups in total. The van der Waals surface area contributed by atoms with E-state index in [-0.39, 0.29) is 40.0 Å². The van der Waals surface area contributed by atoms with Crippen LogP contribution in [0.4, 0.5) is 11.4 Å². The summed E-state index contributed by atoms with van der Waals surface area (Å²) in [5.74, 6) is -0.965. The number of benzene rings is 2. The van der Waals surface area contributed by atoms with Crippen LogP contribution in [0.5, 0.6) is 0 Å². The first-order chi connectivity index (χ1) is 14.7. The maximum Gasteiger partial charge on any atom is 0.257 e. The predicted octanol–water partition coefficient (Wildman–Crippen LogP) is 3.29. The van der Waals surface area contributed by atoms with E-state index in [1.165, 1.54) is 18.2 Å². The number of hydrogen-bond acceptors (Lipinski definition) is 5. The Hall–Kier alpha value is -3.43. The minimum Gasteiger partial charge on any atom is -0.348 e. The first-order valence-corrected chi connectivity index (χ1v) is 11.3. The molecule has 2 aromatic carbocycles. The molecule has 0 fully saturated rings. The highest BCUT2D eigenvalue weighted by Gasteiger charge is 2.17. The fourth-order valence-electron chi connectivity index (χ4n) is 2.74. The van der Waals surface area contributed by atoms with Gasteiger partial charge in [0, 0.05) is 24.6 Å². The normalized spacial score (nSPS) is 10.9. The number of halogens is 1. The zero-order valence-electron chi connectivity index (χ0n) is 16.4. The monoisotopic (exact) mass is 458 g/mol. The van der Waals surface area contributed by atoms with Gasteiger partial charge < -0.3 is 10.6 Å². The molecule has 0 unspecified atom stereocenters. The first kappa shape index (κ1) is 22.3. The van der Waals surface area contributed by atoms with Gasteiger partial charge in [-0.2, -0.15) is 0 Å². The number of nitrogens with zero attached hydrogens (tertiary/aromatic N) is 1. The molecule has 0 radical (unpaired) electrons. The third-order valence-corrected chi connectivity index (χ3v) is 5.05. The number of carbonyl (C=O) groups excluding carboxylic acids is 2. The summed E-state index contributed by atoms with van der Waals surface area (Å²) in [7, 11) is -3.52. The van der Waals surface area contributed by atoms with Gasteiger partial charge in [-0.15, -0.1) is 0 Å². The molecule has 0 spiro atoms. The van der Waals surface area contributed by atoms with E-state index in [9.17, 15) is 18.0 Å². The molecule has 1 heterocycles. The van der Waals surface area contributed by atoms with Crippen molar-refractivity contribution in [1.29, 1.82) is 0 Å². The lowest BCUT2D eigenvalue weighted by molar-refractivity contribution is 0.0951. The standard InChI is InChI=1S/C21H19ClN4O4S/c1-31(29,30)26-15-8-9-18(22)17(11-15)21(28)25-19-7-3-2-6-16(19)20(27)24-13-14-5-4-10-23-12-14/h2-12,26H,13H2,1H3,(H,24,27)(H,25,28). The van der Waals surface area contributed by atoms with Crippen molar-refractivity contribution in [3.63, 3.8) is 0 Å². The largest absolute Gasteiger partial charge is 0.348 e. The molecule has 2 amide bonds. The topological polar surface area (TPSA) is 117 Å². The summed E-state index contributed by atoms with van der Waals surface area (Å²) in [4.78, 5) is 29.4. The van der Waals surface area contributed by atoms with Gasteiger partial charge in [0.15, 0.2) is 0 Å². The van der Waals surface area contributed by atoms with Crippen LogP contribution in [-0.2, 0) is 16.6 Å². The molecule has 0 aliphatic carbocycles. The average molecular weight is 459 g/mol. The third-order valence-electron chi connectivity index (χ3n) is 4.11. The molecule has 10 heteroatoms. The summed E-state index contributed by atoms with van der Waals surface area (Å²) in [6.45, 7) is 0.278. The minimum absolute atomic E-state index is 0.0564. The van der Waals surface area contributed by atoms with E-state index < -0.39 is 15.9 Å². The van der Waals surface area contributed by atoms with Gasteiger partial charge in [0.1, 0.15) is 0 Å². The lowest BCUT2D eigenvalue weighted by Crippen LogP contribution is -2.25. The number of sulfonamides is 1. The van der Waals surface area contributed by atoms with Crippen molar-refractivity contribution in [3.8, 4) is 0 Å². The van der Waals surface area contributed by atoms with Crippen molar-refractivity contribution in [2.45, 2.75) is 6.54 Å². The minimum atomic E-state index is -3.52. The second-order valence-corrected chi connectivity index (χ2v) is 8.77. The van der Waals surface area contributed by atoms with Crippen molar-refractivity contribution in [3.05, 3.63) is 88.7 Å². The van der Waals surface area contributed by atoms with Crippen LogP contribution in [0.15, 0.2) is 67.0 Å². The number of carbonyl (C=O) groups is 2. The first-order valence-electron chi connectivity index (χ1n) is 9.08. The van der Waals surface area contributed by atoms with Crippen molar-refractivity contribution in [2.75, 3.05) is 16.3 Å².